The van der Waals surface area contributed by atoms with E-state index in [1.807, 2.05) is 105 Å². The number of fused-ring (bicyclic) bond motifs is 12. The third-order valence-corrected chi connectivity index (χ3v) is 19.1. The molecule has 500 valence electrons. The van der Waals surface area contributed by atoms with Gasteiger partial charge in [-0.15, -0.1) is 0 Å². The molecule has 6 aliphatic rings. The Morgan fingerprint density at radius 2 is 0.840 bits per heavy atom. The maximum atomic E-state index is 13.0. The molecule has 0 bridgehead atoms. The van der Waals surface area contributed by atoms with Crippen molar-refractivity contribution >= 4 is 112 Å². The third-order valence-electron chi connectivity index (χ3n) is 17.2. The van der Waals surface area contributed by atoms with E-state index in [0.717, 1.165) is 72.9 Å². The second-order valence-electron chi connectivity index (χ2n) is 23.7. The Balaban J connectivity index is 0.000000129. The molecular weight excluding hydrogens is 1590 g/mol. The Labute approximate surface area is 610 Å². The first-order valence-electron chi connectivity index (χ1n) is 31.3. The van der Waals surface area contributed by atoms with E-state index in [0.29, 0.717) is 96.5 Å². The minimum Gasteiger partial charge on any atom is -0.465 e. The number of halogens is 4. The van der Waals surface area contributed by atoms with Gasteiger partial charge in [0.15, 0.2) is 11.6 Å². The van der Waals surface area contributed by atoms with Gasteiger partial charge >= 0.3 is 0 Å². The van der Waals surface area contributed by atoms with E-state index in [-0.39, 0.29) is 54.3 Å². The number of amidine groups is 3. The third kappa shape index (κ3) is 13.7. The Kier molecular flexibility index (Phi) is 18.9. The summed E-state index contributed by atoms with van der Waals surface area (Å²) in [7, 11) is 0. The number of pyridine rings is 3. The number of amides is 2. The number of ether oxygens (including phenoxy) is 6. The molecule has 27 heteroatoms. The number of ketones is 2. The molecule has 3 spiro atoms. The summed E-state index contributed by atoms with van der Waals surface area (Å²) in [4.78, 5) is 96.0. The Morgan fingerprint density at radius 1 is 0.450 bits per heavy atom. The zero-order valence-corrected chi connectivity index (χ0v) is 60.0. The highest BCUT2D eigenvalue weighted by Gasteiger charge is 2.49. The highest BCUT2D eigenvalue weighted by molar-refractivity contribution is 14.1. The number of nitrogens with two attached hydrogens (primary N) is 1. The van der Waals surface area contributed by atoms with Crippen LogP contribution in [0.2, 0.25) is 0 Å². The first-order valence-corrected chi connectivity index (χ1v) is 34.7. The molecule has 6 aliphatic heterocycles. The lowest BCUT2D eigenvalue weighted by molar-refractivity contribution is 0.0949. The van der Waals surface area contributed by atoms with E-state index in [1.165, 1.54) is 12.4 Å². The van der Waals surface area contributed by atoms with Gasteiger partial charge in [0, 0.05) is 125 Å². The Bertz CT molecular complexity index is 4970. The number of hydrogen-bond acceptors (Lipinski definition) is 21. The van der Waals surface area contributed by atoms with E-state index in [2.05, 4.69) is 122 Å². The van der Waals surface area contributed by atoms with Crippen molar-refractivity contribution < 1.29 is 47.6 Å². The molecule has 0 unspecified atom stereocenters. The summed E-state index contributed by atoms with van der Waals surface area (Å²) < 4.78 is 38.7. The first kappa shape index (κ1) is 67.0. The van der Waals surface area contributed by atoms with Crippen LogP contribution in [0.5, 0.6) is 34.9 Å². The largest absolute Gasteiger partial charge is 0.465 e. The van der Waals surface area contributed by atoms with Crippen molar-refractivity contribution in [1.82, 2.24) is 45.5 Å². The number of carbonyl (C=O) groups is 4. The number of Topliss-reactive ketones (excluding diaryl/α,β-unsaturated/α-hetero) is 2. The van der Waals surface area contributed by atoms with Crippen molar-refractivity contribution in [2.75, 3.05) is 19.8 Å². The van der Waals surface area contributed by atoms with E-state index in [1.54, 1.807) is 67.4 Å². The van der Waals surface area contributed by atoms with Gasteiger partial charge in [0.25, 0.3) is 29.9 Å². The monoisotopic (exact) mass is 1640 g/mol. The molecule has 0 saturated heterocycles. The molecule has 0 saturated carbocycles. The normalized spacial score (nSPS) is 18.3. The Hall–Kier alpha value is -10.2. The fourth-order valence-corrected chi connectivity index (χ4v) is 13.9. The predicted molar refractivity (Wildman–Crippen MR) is 386 cm³/mol. The molecule has 3 atom stereocenters. The van der Waals surface area contributed by atoms with Crippen LogP contribution < -0.4 is 30.6 Å². The number of aromatic nitrogens is 7. The maximum Gasteiger partial charge on any atom is 0.292 e. The Morgan fingerprint density at radius 3 is 1.24 bits per heavy atom. The van der Waals surface area contributed by atoms with Crippen LogP contribution in [0, 0.1) is 17.4 Å². The van der Waals surface area contributed by atoms with Crippen LogP contribution in [-0.4, -0.2) is 96.2 Å². The second-order valence-corrected chi connectivity index (χ2v) is 27.7. The summed E-state index contributed by atoms with van der Waals surface area (Å²) in [6.45, 7) is 4.74. The molecular formula is C73H55Br3IN13O10. The van der Waals surface area contributed by atoms with Gasteiger partial charge < -0.3 is 34.2 Å². The average molecular weight is 1640 g/mol. The number of nitrogens with one attached hydrogen (secondary N) is 2. The van der Waals surface area contributed by atoms with Crippen LogP contribution in [0.15, 0.2) is 205 Å². The molecule has 4 N–H and O–H groups in total. The molecule has 5 aromatic heterocycles. The van der Waals surface area contributed by atoms with Crippen molar-refractivity contribution in [2.45, 2.75) is 62.6 Å². The van der Waals surface area contributed by atoms with Crippen molar-refractivity contribution in [1.29, 1.82) is 0 Å². The number of aryl methyl sites for hydroxylation is 2. The van der Waals surface area contributed by atoms with Crippen molar-refractivity contribution in [3.63, 3.8) is 0 Å². The van der Waals surface area contributed by atoms with Crippen molar-refractivity contribution in [3.8, 4) is 34.9 Å². The second kappa shape index (κ2) is 28.2. The number of aliphatic imine (C=N–C) groups is 3. The molecule has 0 radical (unpaired) electrons. The lowest BCUT2D eigenvalue weighted by atomic mass is 9.78. The SMILES string of the molecule is Cc1cnc(C(=O)Cc2ccc3c(c2)[C@@]2(CCOC(N)=N2)c2cc(Br)cnc2O3)cn1.Cc1cnc(C(=O)Cc2ccc3c(c2)[C@@]2(CCOC(NC(=O)c4ccccc4)=N2)c2cc(Br)cnc2O3)cn1.O=C(NC1=N[C@@]2(CCO1)c1cc(I)ccc1Oc1ncc(Br)cc12)c1ccccc1. The van der Waals surface area contributed by atoms with Gasteiger partial charge in [0.2, 0.25) is 17.6 Å². The minimum atomic E-state index is -0.958. The van der Waals surface area contributed by atoms with E-state index in [4.69, 9.17) is 49.1 Å². The van der Waals surface area contributed by atoms with Gasteiger partial charge in [-0.2, -0.15) is 0 Å². The van der Waals surface area contributed by atoms with Gasteiger partial charge in [-0.1, -0.05) is 48.5 Å². The smallest absolute Gasteiger partial charge is 0.292 e. The van der Waals surface area contributed by atoms with Crippen molar-refractivity contribution in [3.05, 3.63) is 272 Å². The molecule has 0 fully saturated rings. The summed E-state index contributed by atoms with van der Waals surface area (Å²) in [6, 6.07) is 41.3. The summed E-state index contributed by atoms with van der Waals surface area (Å²) >= 11 is 12.8. The zero-order valence-electron chi connectivity index (χ0n) is 53.0. The van der Waals surface area contributed by atoms with Gasteiger partial charge in [-0.25, -0.2) is 39.9 Å². The van der Waals surface area contributed by atoms with E-state index in [9.17, 15) is 19.2 Å². The molecule has 0 aliphatic carbocycles. The average Bonchev–Trinajstić information content (AvgIpc) is 0.738. The summed E-state index contributed by atoms with van der Waals surface area (Å²) in [5, 5.41) is 5.61. The molecule has 2 amide bonds. The molecule has 5 aromatic carbocycles. The van der Waals surface area contributed by atoms with Gasteiger partial charge in [0.05, 0.1) is 43.6 Å². The number of carbonyl (C=O) groups excluding carboxylic acids is 4. The molecule has 10 aromatic rings. The zero-order chi connectivity index (χ0) is 69.3. The highest BCUT2D eigenvalue weighted by Crippen LogP contribution is 2.55. The lowest BCUT2D eigenvalue weighted by Crippen LogP contribution is -2.42. The number of nitrogens with zero attached hydrogens (tertiary/aromatic N) is 10. The van der Waals surface area contributed by atoms with Crippen LogP contribution in [0.25, 0.3) is 0 Å². The number of hydrogen-bond donors (Lipinski definition) is 3. The molecule has 16 rings (SSSR count). The van der Waals surface area contributed by atoms with Crippen LogP contribution in [0.1, 0.15) is 117 Å². The minimum absolute atomic E-state index is 0.102. The van der Waals surface area contributed by atoms with Crippen molar-refractivity contribution in [2.24, 2.45) is 20.7 Å². The predicted octanol–water partition coefficient (Wildman–Crippen LogP) is 13.4. The molecule has 100 heavy (non-hydrogen) atoms. The summed E-state index contributed by atoms with van der Waals surface area (Å²) in [5.41, 5.74) is 13.1. The van der Waals surface area contributed by atoms with E-state index >= 15 is 0 Å². The summed E-state index contributed by atoms with van der Waals surface area (Å²) in [6.07, 6.45) is 13.1. The molecule has 11 heterocycles. The highest BCUT2D eigenvalue weighted by atomic mass is 127. The topological polar surface area (TPSA) is 301 Å². The van der Waals surface area contributed by atoms with Gasteiger partial charge in [-0.05, 0) is 180 Å². The van der Waals surface area contributed by atoms with Crippen LogP contribution in [-0.2, 0) is 43.7 Å². The fourth-order valence-electron chi connectivity index (χ4n) is 12.4. The van der Waals surface area contributed by atoms with E-state index < -0.39 is 16.6 Å². The standard InChI is InChI=1S/C29H22BrN5O4.C22H15BrIN3O3.C22H18BrN5O3/c1-17-14-32-23(16-31-17)24(36)12-18-7-8-25-21(11-18)29(22-13-20(30)15-33-27(22)39-25)9-10-38-28(35-29)34-26(37)19-5-3-2-4-6-19;23-14-10-17-20(25-12-14)30-18-7-6-15(24)11-16(18)22(17)8-9-29-21(27-22)26-19(28)13-4-2-1-3-5-13;1-12-9-26-17(11-25-12)18(29)7-13-2-3-19-15(6-13)22(4-5-30-21(24)28-22)16-8-14(23)10-27-20(16)31-19/h2-8,11,13-16H,9-10,12H2,1H3,(H,34,35,37);1-7,10-12H,8-9H2,(H,26,27,28);2-3,6,8-11H,4-5,7H2,1H3,(H2,24,28)/t29-;2*22-/m000/s1. The van der Waals surface area contributed by atoms with Gasteiger partial charge in [0.1, 0.15) is 45.3 Å². The molecule has 23 nitrogen and oxygen atoms in total. The van der Waals surface area contributed by atoms with Gasteiger partial charge in [-0.3, -0.25) is 39.8 Å². The number of rotatable bonds is 8. The summed E-state index contributed by atoms with van der Waals surface area (Å²) in [5.74, 6) is 2.46. The quantitative estimate of drug-likeness (QED) is 0.0940. The van der Waals surface area contributed by atoms with Crippen LogP contribution in [0.4, 0.5) is 0 Å². The number of benzene rings is 5. The fraction of sp³-hybridized carbons (Fsp3) is 0.178. The lowest BCUT2D eigenvalue weighted by Gasteiger charge is -2.39. The first-order chi connectivity index (χ1) is 48.4. The maximum absolute atomic E-state index is 13.0. The van der Waals surface area contributed by atoms with Crippen LogP contribution >= 0.6 is 70.4 Å². The van der Waals surface area contributed by atoms with Crippen LogP contribution in [0.3, 0.4) is 0 Å².